The van der Waals surface area contributed by atoms with Gasteiger partial charge in [-0.15, -0.1) is 0 Å². The zero-order valence-electron chi connectivity index (χ0n) is 15.1. The number of benzene rings is 4. The van der Waals surface area contributed by atoms with Crippen LogP contribution in [0.1, 0.15) is 0 Å². The van der Waals surface area contributed by atoms with Crippen molar-refractivity contribution in [2.24, 2.45) is 0 Å². The number of carbonyl (C=O) groups excluding carboxylic acids is 1. The van der Waals surface area contributed by atoms with Crippen molar-refractivity contribution < 1.29 is 14.6 Å². The Hall–Kier alpha value is -3.53. The molecule has 0 saturated carbocycles. The lowest BCUT2D eigenvalue weighted by molar-refractivity contribution is 0.172. The minimum atomic E-state index is -0.466. The summed E-state index contributed by atoms with van der Waals surface area (Å²) >= 11 is 0. The number of hydrogen-bond acceptors (Lipinski definition) is 3. The molecule has 4 aromatic carbocycles. The van der Waals surface area contributed by atoms with Gasteiger partial charge in [-0.25, -0.2) is 4.79 Å². The number of carbonyl (C=O) groups is 1. The van der Waals surface area contributed by atoms with Crippen molar-refractivity contribution in [3.63, 3.8) is 0 Å². The summed E-state index contributed by atoms with van der Waals surface area (Å²) in [7, 11) is 3.27. The van der Waals surface area contributed by atoms with Crippen LogP contribution in [0.5, 0.6) is 11.5 Å². The van der Waals surface area contributed by atoms with E-state index in [4.69, 9.17) is 4.74 Å². The zero-order valence-corrected chi connectivity index (χ0v) is 15.1. The Balaban J connectivity index is 2.09. The lowest BCUT2D eigenvalue weighted by atomic mass is 9.92. The Bertz CT molecular complexity index is 1160. The normalized spacial score (nSPS) is 10.9. The van der Waals surface area contributed by atoms with E-state index in [1.165, 1.54) is 4.90 Å². The lowest BCUT2D eigenvalue weighted by Crippen LogP contribution is -2.25. The van der Waals surface area contributed by atoms with E-state index >= 15 is 0 Å². The van der Waals surface area contributed by atoms with Gasteiger partial charge in [0.05, 0.1) is 0 Å². The molecule has 0 spiro atoms. The lowest BCUT2D eigenvalue weighted by Gasteiger charge is -2.18. The van der Waals surface area contributed by atoms with Gasteiger partial charge >= 0.3 is 6.09 Å². The predicted molar refractivity (Wildman–Crippen MR) is 108 cm³/mol. The van der Waals surface area contributed by atoms with Gasteiger partial charge in [0.2, 0.25) is 0 Å². The molecule has 0 aliphatic carbocycles. The van der Waals surface area contributed by atoms with Gasteiger partial charge in [-0.2, -0.15) is 0 Å². The van der Waals surface area contributed by atoms with Gasteiger partial charge in [0, 0.05) is 25.2 Å². The monoisotopic (exact) mass is 357 g/mol. The highest BCUT2D eigenvalue weighted by atomic mass is 16.6. The molecule has 0 bridgehead atoms. The van der Waals surface area contributed by atoms with Crippen LogP contribution in [0.4, 0.5) is 4.79 Å². The van der Waals surface area contributed by atoms with Gasteiger partial charge in [0.15, 0.2) is 0 Å². The number of nitrogens with zero attached hydrogens (tertiary/aromatic N) is 1. The van der Waals surface area contributed by atoms with E-state index in [9.17, 15) is 9.90 Å². The molecule has 0 aliphatic heterocycles. The summed E-state index contributed by atoms with van der Waals surface area (Å²) in [4.78, 5) is 13.6. The molecule has 27 heavy (non-hydrogen) atoms. The van der Waals surface area contributed by atoms with Crippen molar-refractivity contribution in [3.8, 4) is 22.6 Å². The maximum absolute atomic E-state index is 12.2. The van der Waals surface area contributed by atoms with Gasteiger partial charge < -0.3 is 14.7 Å². The molecule has 0 fully saturated rings. The average Bonchev–Trinajstić information content (AvgIpc) is 2.68. The highest BCUT2D eigenvalue weighted by Gasteiger charge is 2.19. The molecule has 1 N–H and O–H groups in total. The van der Waals surface area contributed by atoms with Crippen LogP contribution in [0, 0.1) is 0 Å². The maximum atomic E-state index is 12.2. The van der Waals surface area contributed by atoms with Crippen molar-refractivity contribution in [2.45, 2.75) is 0 Å². The maximum Gasteiger partial charge on any atom is 0.414 e. The summed E-state index contributed by atoms with van der Waals surface area (Å²) in [6, 6.07) is 23.0. The molecule has 4 nitrogen and oxygen atoms in total. The number of rotatable bonds is 2. The molecule has 4 rings (SSSR count). The summed E-state index contributed by atoms with van der Waals surface area (Å²) in [5.41, 5.74) is 1.36. The first-order valence-electron chi connectivity index (χ1n) is 8.68. The van der Waals surface area contributed by atoms with Crippen LogP contribution in [0.2, 0.25) is 0 Å². The second-order valence-electron chi connectivity index (χ2n) is 6.60. The van der Waals surface area contributed by atoms with Crippen molar-refractivity contribution in [1.29, 1.82) is 0 Å². The van der Waals surface area contributed by atoms with Crippen LogP contribution in [0.25, 0.3) is 32.7 Å². The fourth-order valence-corrected chi connectivity index (χ4v) is 3.30. The molecular weight excluding hydrogens is 338 g/mol. The van der Waals surface area contributed by atoms with Gasteiger partial charge in [-0.1, -0.05) is 60.7 Å². The first-order chi connectivity index (χ1) is 13.1. The summed E-state index contributed by atoms with van der Waals surface area (Å²) in [5, 5.41) is 14.6. The topological polar surface area (TPSA) is 49.8 Å². The molecule has 0 saturated heterocycles. The molecule has 0 radical (unpaired) electrons. The minimum Gasteiger partial charge on any atom is -0.507 e. The standard InChI is InChI=1S/C23H19NO3/c1-24(2)23(26)27-20-14-12-16-8-4-6-10-18(16)22(20)21-17-9-5-3-7-15(17)11-13-19(21)25/h3-14,25H,1-2H3. The average molecular weight is 357 g/mol. The first-order valence-corrected chi connectivity index (χ1v) is 8.68. The van der Waals surface area contributed by atoms with E-state index in [2.05, 4.69) is 0 Å². The number of fused-ring (bicyclic) bond motifs is 2. The number of phenols is 1. The van der Waals surface area contributed by atoms with Crippen LogP contribution in [0.3, 0.4) is 0 Å². The summed E-state index contributed by atoms with van der Waals surface area (Å²) in [6.45, 7) is 0. The molecule has 0 aromatic heterocycles. The van der Waals surface area contributed by atoms with Crippen molar-refractivity contribution in [3.05, 3.63) is 72.8 Å². The summed E-state index contributed by atoms with van der Waals surface area (Å²) < 4.78 is 5.65. The molecular formula is C23H19NO3. The fraction of sp³-hybridized carbons (Fsp3) is 0.0870. The molecule has 0 aliphatic rings. The van der Waals surface area contributed by atoms with Gasteiger partial charge in [0.25, 0.3) is 0 Å². The minimum absolute atomic E-state index is 0.146. The van der Waals surface area contributed by atoms with Crippen molar-refractivity contribution in [2.75, 3.05) is 14.1 Å². The molecule has 4 aromatic rings. The largest absolute Gasteiger partial charge is 0.507 e. The molecule has 134 valence electrons. The number of ether oxygens (including phenoxy) is 1. The van der Waals surface area contributed by atoms with E-state index in [0.717, 1.165) is 21.5 Å². The SMILES string of the molecule is CN(C)C(=O)Oc1ccc2ccccc2c1-c1c(O)ccc2ccccc12. The number of aromatic hydroxyl groups is 1. The summed E-state index contributed by atoms with van der Waals surface area (Å²) in [6.07, 6.45) is -0.466. The Labute approximate surface area is 157 Å². The van der Waals surface area contributed by atoms with Crippen LogP contribution < -0.4 is 4.74 Å². The predicted octanol–water partition coefficient (Wildman–Crippen LogP) is 5.43. The third-order valence-corrected chi connectivity index (χ3v) is 4.61. The second-order valence-corrected chi connectivity index (χ2v) is 6.60. The third-order valence-electron chi connectivity index (χ3n) is 4.61. The van der Waals surface area contributed by atoms with E-state index < -0.39 is 6.09 Å². The quantitative estimate of drug-likeness (QED) is 0.521. The Kier molecular flexibility index (Phi) is 4.16. The van der Waals surface area contributed by atoms with Crippen LogP contribution in [0.15, 0.2) is 72.8 Å². The Morgan fingerprint density at radius 2 is 1.33 bits per heavy atom. The second kappa shape index (κ2) is 6.65. The van der Waals surface area contributed by atoms with E-state index in [-0.39, 0.29) is 5.75 Å². The highest BCUT2D eigenvalue weighted by Crippen LogP contribution is 2.44. The highest BCUT2D eigenvalue weighted by molar-refractivity contribution is 6.10. The molecule has 0 heterocycles. The van der Waals surface area contributed by atoms with Gasteiger partial charge in [-0.05, 0) is 33.7 Å². The van der Waals surface area contributed by atoms with Crippen LogP contribution >= 0.6 is 0 Å². The van der Waals surface area contributed by atoms with E-state index in [1.807, 2.05) is 60.7 Å². The van der Waals surface area contributed by atoms with Gasteiger partial charge in [0.1, 0.15) is 11.5 Å². The molecule has 0 atom stereocenters. The van der Waals surface area contributed by atoms with E-state index in [1.54, 1.807) is 26.2 Å². The number of amides is 1. The number of hydrogen-bond donors (Lipinski definition) is 1. The first kappa shape index (κ1) is 16.9. The molecule has 1 amide bonds. The van der Waals surface area contributed by atoms with Crippen molar-refractivity contribution in [1.82, 2.24) is 4.90 Å². The summed E-state index contributed by atoms with van der Waals surface area (Å²) in [5.74, 6) is 0.561. The smallest absolute Gasteiger partial charge is 0.414 e. The molecule has 0 unspecified atom stereocenters. The zero-order chi connectivity index (χ0) is 19.0. The van der Waals surface area contributed by atoms with Gasteiger partial charge in [-0.3, -0.25) is 0 Å². The van der Waals surface area contributed by atoms with Crippen molar-refractivity contribution >= 4 is 27.6 Å². The Morgan fingerprint density at radius 1 is 0.778 bits per heavy atom. The van der Waals surface area contributed by atoms with Crippen LogP contribution in [-0.4, -0.2) is 30.2 Å². The Morgan fingerprint density at radius 3 is 1.96 bits per heavy atom. The molecule has 4 heteroatoms. The number of phenolic OH excluding ortho intramolecular Hbond substituents is 1. The van der Waals surface area contributed by atoms with Crippen LogP contribution in [-0.2, 0) is 0 Å². The fourth-order valence-electron chi connectivity index (χ4n) is 3.30. The van der Waals surface area contributed by atoms with E-state index in [0.29, 0.717) is 16.9 Å². The third kappa shape index (κ3) is 2.95.